The van der Waals surface area contributed by atoms with Crippen LogP contribution in [0.4, 0.5) is 0 Å². The van der Waals surface area contributed by atoms with Gasteiger partial charge in [0.15, 0.2) is 18.3 Å². The molecule has 15 heteroatoms. The van der Waals surface area contributed by atoms with E-state index in [1.807, 2.05) is 51.1 Å². The molecule has 54 heavy (non-hydrogen) atoms. The molecule has 0 aromatic heterocycles. The molecule has 15 nitrogen and oxygen atoms in total. The fourth-order valence-corrected chi connectivity index (χ4v) is 7.08. The molecule has 2 heterocycles. The first-order valence-corrected chi connectivity index (χ1v) is 18.1. The maximum absolute atomic E-state index is 13.4. The van der Waals surface area contributed by atoms with Crippen LogP contribution in [-0.2, 0) is 63.6 Å². The molecule has 1 aromatic carbocycles. The minimum absolute atomic E-state index is 0.0267. The van der Waals surface area contributed by atoms with E-state index in [4.69, 9.17) is 33.2 Å². The van der Waals surface area contributed by atoms with E-state index in [1.165, 1.54) is 14.0 Å². The Hall–Kier alpha value is -4.15. The van der Waals surface area contributed by atoms with E-state index < -0.39 is 78.4 Å². The van der Waals surface area contributed by atoms with Gasteiger partial charge in [-0.1, -0.05) is 77.1 Å². The molecule has 0 radical (unpaired) electrons. The first-order chi connectivity index (χ1) is 25.5. The molecule has 0 amide bonds. The zero-order valence-electron chi connectivity index (χ0n) is 31.8. The summed E-state index contributed by atoms with van der Waals surface area (Å²) in [5.41, 5.74) is -1.70. The summed E-state index contributed by atoms with van der Waals surface area (Å²) in [5, 5.41) is 31.4. The van der Waals surface area contributed by atoms with Gasteiger partial charge in [0.05, 0.1) is 13.2 Å². The largest absolute Gasteiger partial charge is 0.481 e. The van der Waals surface area contributed by atoms with Crippen LogP contribution in [0.15, 0.2) is 54.6 Å². The zero-order valence-corrected chi connectivity index (χ0v) is 31.8. The topological polar surface area (TPSA) is 211 Å². The van der Waals surface area contributed by atoms with Crippen LogP contribution in [0.1, 0.15) is 65.9 Å². The minimum atomic E-state index is -3.01. The highest BCUT2D eigenvalue weighted by atomic mass is 16.8. The Morgan fingerprint density at radius 2 is 1.69 bits per heavy atom. The molecule has 300 valence electrons. The van der Waals surface area contributed by atoms with Gasteiger partial charge in [0.25, 0.3) is 0 Å². The number of hydrogen-bond donors (Lipinski definition) is 3. The number of aliphatic carboxylic acids is 3. The third-order valence-corrected chi connectivity index (χ3v) is 9.85. The number of fused-ring (bicyclic) bond motifs is 2. The first kappa shape index (κ1) is 44.2. The normalized spacial score (nSPS) is 27.1. The molecule has 0 spiro atoms. The van der Waals surface area contributed by atoms with Crippen LogP contribution in [0.5, 0.6) is 0 Å². The van der Waals surface area contributed by atoms with Gasteiger partial charge in [-0.05, 0) is 42.2 Å². The number of methoxy groups -OCH3 is 1. The Morgan fingerprint density at radius 1 is 1.00 bits per heavy atom. The van der Waals surface area contributed by atoms with E-state index in [-0.39, 0.29) is 37.9 Å². The number of carboxylic acids is 3. The number of carbonyl (C=O) groups is 5. The summed E-state index contributed by atoms with van der Waals surface area (Å²) in [5.74, 6) is -12.0. The summed E-state index contributed by atoms with van der Waals surface area (Å²) in [6, 6.07) is 9.45. The second-order valence-electron chi connectivity index (χ2n) is 14.1. The van der Waals surface area contributed by atoms with Crippen LogP contribution in [0.25, 0.3) is 0 Å². The average Bonchev–Trinajstić information content (AvgIpc) is 3.32. The molecule has 0 aliphatic carbocycles. The van der Waals surface area contributed by atoms with Gasteiger partial charge >= 0.3 is 29.8 Å². The highest BCUT2D eigenvalue weighted by molar-refractivity contribution is 5.93. The average molecular weight is 763 g/mol. The van der Waals surface area contributed by atoms with Gasteiger partial charge in [-0.3, -0.25) is 9.59 Å². The van der Waals surface area contributed by atoms with E-state index in [2.05, 4.69) is 13.5 Å². The van der Waals surface area contributed by atoms with Gasteiger partial charge in [0.2, 0.25) is 11.4 Å². The summed E-state index contributed by atoms with van der Waals surface area (Å²) >= 11 is 0. The van der Waals surface area contributed by atoms with Gasteiger partial charge < -0.3 is 48.5 Å². The Bertz CT molecular complexity index is 1490. The van der Waals surface area contributed by atoms with E-state index >= 15 is 0 Å². The van der Waals surface area contributed by atoms with Crippen molar-refractivity contribution >= 4 is 29.8 Å². The Labute approximate surface area is 315 Å². The SMILES string of the molecule is C=C(CC[C@]12O[C@H](C(=O)O)[C@@H](C(=O)O)[C@](C(=O)O)(O1)[C@H](OC(=O)/C=C/C(C)CC(C)CC)[C@H]2OCOCCOC)C(OC(C)=O)C(C)Cc1ccccc1. The molecule has 2 aliphatic heterocycles. The Kier molecular flexibility index (Phi) is 16.4. The van der Waals surface area contributed by atoms with Crippen molar-refractivity contribution in [3.63, 3.8) is 0 Å². The number of benzene rings is 1. The van der Waals surface area contributed by atoms with Crippen molar-refractivity contribution < 1.29 is 72.5 Å². The quantitative estimate of drug-likeness (QED) is 0.0463. The van der Waals surface area contributed by atoms with Crippen LogP contribution in [0.3, 0.4) is 0 Å². The number of esters is 2. The number of ether oxygens (including phenoxy) is 7. The molecule has 2 saturated heterocycles. The van der Waals surface area contributed by atoms with Crippen LogP contribution in [0, 0.1) is 23.7 Å². The van der Waals surface area contributed by atoms with E-state index in [0.29, 0.717) is 17.9 Å². The molecule has 3 N–H and O–H groups in total. The lowest BCUT2D eigenvalue weighted by atomic mass is 9.78. The lowest BCUT2D eigenvalue weighted by Gasteiger charge is -2.44. The number of carboxylic acid groups (broad SMARTS) is 3. The zero-order chi connectivity index (χ0) is 40.2. The van der Waals surface area contributed by atoms with E-state index in [0.717, 1.165) is 24.5 Å². The summed E-state index contributed by atoms with van der Waals surface area (Å²) < 4.78 is 40.0. The molecule has 4 unspecified atom stereocenters. The fraction of sp³-hybridized carbons (Fsp3) is 0.615. The van der Waals surface area contributed by atoms with Crippen molar-refractivity contribution in [1.29, 1.82) is 0 Å². The van der Waals surface area contributed by atoms with Gasteiger partial charge in [-0.25, -0.2) is 14.4 Å². The smallest absolute Gasteiger partial charge is 0.341 e. The van der Waals surface area contributed by atoms with E-state index in [1.54, 1.807) is 6.08 Å². The maximum Gasteiger partial charge on any atom is 0.341 e. The molecule has 3 rings (SSSR count). The summed E-state index contributed by atoms with van der Waals surface area (Å²) in [7, 11) is 1.44. The molecule has 2 bridgehead atoms. The van der Waals surface area contributed by atoms with Crippen LogP contribution in [0.2, 0.25) is 0 Å². The number of carbonyl (C=O) groups excluding carboxylic acids is 2. The van der Waals surface area contributed by atoms with Crippen molar-refractivity contribution in [2.75, 3.05) is 27.1 Å². The molecule has 10 atom stereocenters. The molecule has 0 saturated carbocycles. The third kappa shape index (κ3) is 10.7. The van der Waals surface area contributed by atoms with Gasteiger partial charge in [0.1, 0.15) is 18.8 Å². The van der Waals surface area contributed by atoms with Gasteiger partial charge in [-0.2, -0.15) is 0 Å². The fourth-order valence-electron chi connectivity index (χ4n) is 7.08. The molecule has 2 fully saturated rings. The number of hydrogen-bond acceptors (Lipinski definition) is 12. The first-order valence-electron chi connectivity index (χ1n) is 18.1. The highest BCUT2D eigenvalue weighted by Crippen LogP contribution is 2.55. The Balaban J connectivity index is 2.09. The van der Waals surface area contributed by atoms with Crippen LogP contribution >= 0.6 is 0 Å². The molecule has 2 aliphatic rings. The van der Waals surface area contributed by atoms with Crippen molar-refractivity contribution in [3.05, 3.63) is 60.2 Å². The monoisotopic (exact) mass is 762 g/mol. The van der Waals surface area contributed by atoms with Crippen molar-refractivity contribution in [3.8, 4) is 0 Å². The highest BCUT2D eigenvalue weighted by Gasteiger charge is 2.79. The molecular weight excluding hydrogens is 708 g/mol. The minimum Gasteiger partial charge on any atom is -0.481 e. The van der Waals surface area contributed by atoms with Crippen LogP contribution in [-0.4, -0.2) is 108 Å². The lowest BCUT2D eigenvalue weighted by molar-refractivity contribution is -0.347. The van der Waals surface area contributed by atoms with Crippen LogP contribution < -0.4 is 0 Å². The summed E-state index contributed by atoms with van der Waals surface area (Å²) in [4.78, 5) is 64.5. The second-order valence-corrected chi connectivity index (χ2v) is 14.1. The predicted octanol–water partition coefficient (Wildman–Crippen LogP) is 4.41. The van der Waals surface area contributed by atoms with E-state index in [9.17, 15) is 39.3 Å². The second kappa shape index (κ2) is 20.0. The lowest BCUT2D eigenvalue weighted by Crippen LogP contribution is -2.66. The predicted molar refractivity (Wildman–Crippen MR) is 191 cm³/mol. The van der Waals surface area contributed by atoms with Crippen molar-refractivity contribution in [2.24, 2.45) is 23.7 Å². The van der Waals surface area contributed by atoms with Gasteiger partial charge in [0, 0.05) is 32.4 Å². The van der Waals surface area contributed by atoms with Gasteiger partial charge in [-0.15, -0.1) is 0 Å². The maximum atomic E-state index is 13.4. The summed E-state index contributed by atoms with van der Waals surface area (Å²) in [6.07, 6.45) is -2.60. The third-order valence-electron chi connectivity index (χ3n) is 9.85. The summed E-state index contributed by atoms with van der Waals surface area (Å²) in [6.45, 7) is 12.9. The molecular formula is C39H54O15. The number of allylic oxidation sites excluding steroid dienone is 1. The molecule has 1 aromatic rings. The Morgan fingerprint density at radius 3 is 2.26 bits per heavy atom. The van der Waals surface area contributed by atoms with Crippen molar-refractivity contribution in [1.82, 2.24) is 0 Å². The van der Waals surface area contributed by atoms with Crippen molar-refractivity contribution in [2.45, 2.75) is 103 Å². The number of rotatable bonds is 23. The standard InChI is InChI=1S/C39H54O15/c1-8-23(2)20-24(3)14-15-29(41)52-34-33(50-22-49-19-18-48-7)38(53-32(36(44)45)30(35(42)43)39(34,54-38)37(46)47)17-16-25(4)31(51-27(6)40)26(5)21-28-12-10-9-11-13-28/h9-15,23-24,26,30-34H,4,8,16-22H2,1-3,5-7H3,(H,42,43)(H,44,45)(H,46,47)/b15-14+/t23?,24?,26?,30-,31?,32-,33+,34+,38-,39-/m0/s1.